The largest absolute Gasteiger partial charge is 0.383 e. The smallest absolute Gasteiger partial charge is 0.240 e. The lowest BCUT2D eigenvalue weighted by Gasteiger charge is -2.17. The predicted octanol–water partition coefficient (Wildman–Crippen LogP) is 2.25. The molecule has 0 bridgehead atoms. The topological polar surface area (TPSA) is 55.4 Å². The van der Waals surface area contributed by atoms with Crippen LogP contribution in [0.5, 0.6) is 0 Å². The molecule has 0 aromatic heterocycles. The van der Waals surface area contributed by atoms with Gasteiger partial charge in [-0.05, 0) is 48.9 Å². The number of fused-ring (bicyclic) bond motifs is 1. The van der Waals surface area contributed by atoms with Gasteiger partial charge in [-0.25, -0.2) is 13.1 Å². The molecular formula is C14H20BrNO3S. The van der Waals surface area contributed by atoms with Crippen molar-refractivity contribution >= 4 is 26.0 Å². The van der Waals surface area contributed by atoms with Crippen molar-refractivity contribution in [2.75, 3.05) is 19.0 Å². The first-order valence-electron chi connectivity index (χ1n) is 6.76. The molecule has 0 amide bonds. The van der Waals surface area contributed by atoms with E-state index in [2.05, 4.69) is 20.7 Å². The molecule has 4 nitrogen and oxygen atoms in total. The van der Waals surface area contributed by atoms with Crippen LogP contribution >= 0.6 is 15.9 Å². The highest BCUT2D eigenvalue weighted by Gasteiger charge is 2.21. The zero-order valence-corrected chi connectivity index (χ0v) is 14.0. The standard InChI is InChI=1S/C14H20BrNO3S/c1-19-10-13(7-8-15)16-20(17,18)14-6-5-11-3-2-4-12(11)9-14/h5-6,9,13,16H,2-4,7-8,10H2,1H3. The molecule has 6 heteroatoms. The number of sulfonamides is 1. The molecule has 0 radical (unpaired) electrons. The molecule has 0 spiro atoms. The van der Waals surface area contributed by atoms with Crippen LogP contribution in [0.1, 0.15) is 24.0 Å². The molecule has 20 heavy (non-hydrogen) atoms. The number of benzene rings is 1. The highest BCUT2D eigenvalue weighted by Crippen LogP contribution is 2.24. The molecule has 0 aliphatic heterocycles. The number of rotatable bonds is 7. The minimum atomic E-state index is -3.48. The van der Waals surface area contributed by atoms with Crippen LogP contribution in [0.15, 0.2) is 23.1 Å². The summed E-state index contributed by atoms with van der Waals surface area (Å²) in [5.41, 5.74) is 2.44. The molecular weight excluding hydrogens is 342 g/mol. The molecule has 1 aromatic rings. The van der Waals surface area contributed by atoms with Crippen molar-refractivity contribution in [3.05, 3.63) is 29.3 Å². The van der Waals surface area contributed by atoms with E-state index in [0.29, 0.717) is 17.9 Å². The van der Waals surface area contributed by atoms with Gasteiger partial charge in [0.15, 0.2) is 0 Å². The number of methoxy groups -OCH3 is 1. The van der Waals surface area contributed by atoms with Gasteiger partial charge in [0.1, 0.15) is 0 Å². The number of halogens is 1. The van der Waals surface area contributed by atoms with Gasteiger partial charge in [0.25, 0.3) is 0 Å². The maximum absolute atomic E-state index is 12.4. The van der Waals surface area contributed by atoms with Crippen molar-refractivity contribution in [1.29, 1.82) is 0 Å². The average molecular weight is 362 g/mol. The summed E-state index contributed by atoms with van der Waals surface area (Å²) in [5, 5.41) is 0.730. The predicted molar refractivity (Wildman–Crippen MR) is 82.9 cm³/mol. The second-order valence-electron chi connectivity index (χ2n) is 5.04. The summed E-state index contributed by atoms with van der Waals surface area (Å²) in [6.07, 6.45) is 3.83. The maximum atomic E-state index is 12.4. The van der Waals surface area contributed by atoms with Crippen LogP contribution in [0, 0.1) is 0 Å². The number of ether oxygens (including phenoxy) is 1. The minimum Gasteiger partial charge on any atom is -0.383 e. The molecule has 0 saturated carbocycles. The lowest BCUT2D eigenvalue weighted by molar-refractivity contribution is 0.173. The summed E-state index contributed by atoms with van der Waals surface area (Å²) in [5.74, 6) is 0. The summed E-state index contributed by atoms with van der Waals surface area (Å²) in [6, 6.07) is 5.23. The molecule has 1 atom stereocenters. The van der Waals surface area contributed by atoms with E-state index in [1.807, 2.05) is 12.1 Å². The molecule has 1 aliphatic carbocycles. The molecule has 0 fully saturated rings. The fraction of sp³-hybridized carbons (Fsp3) is 0.571. The molecule has 112 valence electrons. The zero-order chi connectivity index (χ0) is 14.6. The van der Waals surface area contributed by atoms with Crippen LogP contribution in [0.4, 0.5) is 0 Å². The van der Waals surface area contributed by atoms with Gasteiger partial charge in [-0.3, -0.25) is 0 Å². The number of hydrogen-bond acceptors (Lipinski definition) is 3. The number of hydrogen-bond donors (Lipinski definition) is 1. The summed E-state index contributed by atoms with van der Waals surface area (Å²) in [7, 11) is -1.90. The van der Waals surface area contributed by atoms with Gasteiger partial charge >= 0.3 is 0 Å². The Morgan fingerprint density at radius 1 is 1.35 bits per heavy atom. The Bertz CT molecular complexity index is 554. The Morgan fingerprint density at radius 3 is 2.80 bits per heavy atom. The van der Waals surface area contributed by atoms with E-state index in [9.17, 15) is 8.42 Å². The highest BCUT2D eigenvalue weighted by molar-refractivity contribution is 9.09. The van der Waals surface area contributed by atoms with E-state index in [-0.39, 0.29) is 6.04 Å². The van der Waals surface area contributed by atoms with Gasteiger partial charge in [0, 0.05) is 18.5 Å². The number of alkyl halides is 1. The lowest BCUT2D eigenvalue weighted by atomic mass is 10.1. The summed E-state index contributed by atoms with van der Waals surface area (Å²) in [6.45, 7) is 0.371. The maximum Gasteiger partial charge on any atom is 0.240 e. The van der Waals surface area contributed by atoms with Gasteiger partial charge in [-0.1, -0.05) is 22.0 Å². The third-order valence-corrected chi connectivity index (χ3v) is 5.50. The SMILES string of the molecule is COCC(CCBr)NS(=O)(=O)c1ccc2c(c1)CCC2. The molecule has 1 aliphatic rings. The van der Waals surface area contributed by atoms with Crippen LogP contribution in [-0.2, 0) is 27.6 Å². The van der Waals surface area contributed by atoms with E-state index >= 15 is 0 Å². The molecule has 1 unspecified atom stereocenters. The van der Waals surface area contributed by atoms with Crippen LogP contribution in [0.3, 0.4) is 0 Å². The quantitative estimate of drug-likeness (QED) is 0.757. The summed E-state index contributed by atoms with van der Waals surface area (Å²) in [4.78, 5) is 0.355. The number of nitrogens with one attached hydrogen (secondary N) is 1. The first-order chi connectivity index (χ1) is 9.56. The molecule has 2 rings (SSSR count). The van der Waals surface area contributed by atoms with Gasteiger partial charge in [-0.2, -0.15) is 0 Å². The minimum absolute atomic E-state index is 0.211. The van der Waals surface area contributed by atoms with E-state index in [1.54, 1.807) is 13.2 Å². The van der Waals surface area contributed by atoms with Gasteiger partial charge in [0.05, 0.1) is 11.5 Å². The van der Waals surface area contributed by atoms with Gasteiger partial charge in [-0.15, -0.1) is 0 Å². The average Bonchev–Trinajstić information content (AvgIpc) is 2.86. The van der Waals surface area contributed by atoms with Gasteiger partial charge < -0.3 is 4.74 Å². The van der Waals surface area contributed by atoms with Crippen molar-refractivity contribution in [1.82, 2.24) is 4.72 Å². The first kappa shape index (κ1) is 15.9. The first-order valence-corrected chi connectivity index (χ1v) is 9.36. The lowest BCUT2D eigenvalue weighted by Crippen LogP contribution is -2.38. The second-order valence-corrected chi connectivity index (χ2v) is 7.54. The summed E-state index contributed by atoms with van der Waals surface area (Å²) >= 11 is 3.33. The third kappa shape index (κ3) is 3.81. The van der Waals surface area contributed by atoms with Crippen molar-refractivity contribution in [3.8, 4) is 0 Å². The molecule has 1 N–H and O–H groups in total. The molecule has 1 aromatic carbocycles. The normalized spacial score (nSPS) is 16.1. The van der Waals surface area contributed by atoms with Crippen LogP contribution in [0.25, 0.3) is 0 Å². The van der Waals surface area contributed by atoms with Gasteiger partial charge in [0.2, 0.25) is 10.0 Å². The van der Waals surface area contributed by atoms with Crippen LogP contribution in [-0.4, -0.2) is 33.5 Å². The highest BCUT2D eigenvalue weighted by atomic mass is 79.9. The Balaban J connectivity index is 2.17. The zero-order valence-electron chi connectivity index (χ0n) is 11.6. The van der Waals surface area contributed by atoms with E-state index in [1.165, 1.54) is 5.56 Å². The molecule has 0 saturated heterocycles. The second kappa shape index (κ2) is 7.02. The van der Waals surface area contributed by atoms with E-state index < -0.39 is 10.0 Å². The fourth-order valence-electron chi connectivity index (χ4n) is 2.51. The Hall–Kier alpha value is -0.430. The van der Waals surface area contributed by atoms with Crippen LogP contribution < -0.4 is 4.72 Å². The monoisotopic (exact) mass is 361 g/mol. The third-order valence-electron chi connectivity index (χ3n) is 3.53. The molecule has 0 heterocycles. The Morgan fingerprint density at radius 2 is 2.10 bits per heavy atom. The van der Waals surface area contributed by atoms with Crippen molar-refractivity contribution in [3.63, 3.8) is 0 Å². The summed E-state index contributed by atoms with van der Waals surface area (Å²) < 4.78 is 32.6. The van der Waals surface area contributed by atoms with E-state index in [0.717, 1.165) is 30.2 Å². The van der Waals surface area contributed by atoms with Crippen molar-refractivity contribution in [2.24, 2.45) is 0 Å². The fourth-order valence-corrected chi connectivity index (χ4v) is 4.37. The van der Waals surface area contributed by atoms with Crippen LogP contribution in [0.2, 0.25) is 0 Å². The van der Waals surface area contributed by atoms with E-state index in [4.69, 9.17) is 4.74 Å². The Labute approximate surface area is 129 Å². The van der Waals surface area contributed by atoms with Crippen molar-refractivity contribution < 1.29 is 13.2 Å². The number of aryl methyl sites for hydroxylation is 2. The Kier molecular flexibility index (Phi) is 5.60. The van der Waals surface area contributed by atoms with Crippen molar-refractivity contribution in [2.45, 2.75) is 36.6 Å².